The van der Waals surface area contributed by atoms with E-state index in [1.54, 1.807) is 24.5 Å². The van der Waals surface area contributed by atoms with Crippen LogP contribution in [0.25, 0.3) is 5.69 Å². The van der Waals surface area contributed by atoms with Crippen LogP contribution in [0.2, 0.25) is 0 Å². The normalized spacial score (nSPS) is 10.6. The summed E-state index contributed by atoms with van der Waals surface area (Å²) in [5.74, 6) is -0.124. The van der Waals surface area contributed by atoms with Gasteiger partial charge in [-0.1, -0.05) is 6.92 Å². The number of carbonyl (C=O) groups is 1. The highest BCUT2D eigenvalue weighted by Crippen LogP contribution is 2.28. The van der Waals surface area contributed by atoms with E-state index in [0.29, 0.717) is 10.7 Å². The zero-order valence-corrected chi connectivity index (χ0v) is 11.2. The minimum atomic E-state index is -1.06. The lowest BCUT2D eigenvalue weighted by molar-refractivity contribution is 0.0694. The molecule has 0 unspecified atom stereocenters. The van der Waals surface area contributed by atoms with Gasteiger partial charge in [-0.25, -0.2) is 9.48 Å². The summed E-state index contributed by atoms with van der Waals surface area (Å²) in [5.41, 5.74) is 6.65. The fraction of sp³-hybridized carbons (Fsp3) is 0.250. The molecule has 0 aliphatic rings. The molecule has 2 aromatic rings. The van der Waals surface area contributed by atoms with Crippen molar-refractivity contribution in [1.29, 1.82) is 0 Å². The van der Waals surface area contributed by atoms with Crippen LogP contribution in [0.3, 0.4) is 0 Å². The molecule has 0 bridgehead atoms. The molecule has 0 atom stereocenters. The quantitative estimate of drug-likeness (QED) is 0.813. The molecule has 19 heavy (non-hydrogen) atoms. The minimum Gasteiger partial charge on any atom is -0.477 e. The first-order valence-corrected chi connectivity index (χ1v) is 6.78. The van der Waals surface area contributed by atoms with Crippen molar-refractivity contribution in [1.82, 2.24) is 14.8 Å². The molecule has 2 rings (SSSR count). The Kier molecular flexibility index (Phi) is 4.06. The van der Waals surface area contributed by atoms with Crippen LogP contribution in [0.5, 0.6) is 0 Å². The van der Waals surface area contributed by atoms with Gasteiger partial charge in [-0.15, -0.1) is 11.8 Å². The van der Waals surface area contributed by atoms with E-state index in [0.717, 1.165) is 12.2 Å². The van der Waals surface area contributed by atoms with Crippen molar-refractivity contribution < 1.29 is 9.90 Å². The highest BCUT2D eigenvalue weighted by Gasteiger charge is 2.22. The van der Waals surface area contributed by atoms with Crippen molar-refractivity contribution in [3.05, 3.63) is 30.1 Å². The Labute approximate surface area is 114 Å². The Balaban J connectivity index is 2.49. The molecule has 7 heteroatoms. The van der Waals surface area contributed by atoms with Crippen LogP contribution in [-0.2, 0) is 0 Å². The summed E-state index contributed by atoms with van der Waals surface area (Å²) < 4.78 is 1.43. The number of hydrogen-bond acceptors (Lipinski definition) is 5. The summed E-state index contributed by atoms with van der Waals surface area (Å²) in [7, 11) is 0. The lowest BCUT2D eigenvalue weighted by Gasteiger charge is -2.02. The monoisotopic (exact) mass is 278 g/mol. The highest BCUT2D eigenvalue weighted by molar-refractivity contribution is 7.99. The van der Waals surface area contributed by atoms with Gasteiger partial charge in [-0.05, 0) is 24.3 Å². The number of nitrogens with two attached hydrogens (primary N) is 1. The number of aromatic nitrogens is 3. The van der Waals surface area contributed by atoms with Crippen LogP contribution < -0.4 is 5.73 Å². The number of anilines is 1. The number of nitrogen functional groups attached to an aromatic ring is 1. The molecule has 100 valence electrons. The number of pyridine rings is 1. The molecule has 2 heterocycles. The van der Waals surface area contributed by atoms with Crippen molar-refractivity contribution >= 4 is 23.5 Å². The smallest absolute Gasteiger partial charge is 0.342 e. The van der Waals surface area contributed by atoms with E-state index in [9.17, 15) is 9.90 Å². The van der Waals surface area contributed by atoms with Gasteiger partial charge < -0.3 is 10.8 Å². The van der Waals surface area contributed by atoms with Gasteiger partial charge in [-0.3, -0.25) is 4.98 Å². The van der Waals surface area contributed by atoms with Crippen molar-refractivity contribution in [3.63, 3.8) is 0 Å². The van der Waals surface area contributed by atoms with E-state index in [1.165, 1.54) is 16.4 Å². The Hall–Kier alpha value is -2.02. The van der Waals surface area contributed by atoms with Crippen molar-refractivity contribution in [3.8, 4) is 5.69 Å². The molecule has 0 saturated heterocycles. The molecule has 0 spiro atoms. The largest absolute Gasteiger partial charge is 0.477 e. The summed E-state index contributed by atoms with van der Waals surface area (Å²) in [4.78, 5) is 15.2. The lowest BCUT2D eigenvalue weighted by Crippen LogP contribution is -2.05. The van der Waals surface area contributed by atoms with E-state index in [-0.39, 0.29) is 11.4 Å². The van der Waals surface area contributed by atoms with Gasteiger partial charge in [0.2, 0.25) is 0 Å². The molecule has 6 nitrogen and oxygen atoms in total. The van der Waals surface area contributed by atoms with Gasteiger partial charge in [0.1, 0.15) is 16.4 Å². The maximum atomic E-state index is 11.3. The summed E-state index contributed by atoms with van der Waals surface area (Å²) in [5, 5.41) is 14.0. The van der Waals surface area contributed by atoms with E-state index in [2.05, 4.69) is 10.1 Å². The van der Waals surface area contributed by atoms with E-state index in [1.807, 2.05) is 6.92 Å². The number of nitrogens with zero attached hydrogens (tertiary/aromatic N) is 3. The standard InChI is InChI=1S/C12H14N4O2S/c1-2-7-19-11-9(12(17)18)10(13)16(15-11)8-3-5-14-6-4-8/h3-6H,2,7,13H2,1H3,(H,17,18). The third-order valence-corrected chi connectivity index (χ3v) is 3.62. The number of carboxylic acids is 1. The number of carboxylic acid groups (broad SMARTS) is 1. The molecule has 0 radical (unpaired) electrons. The fourth-order valence-corrected chi connectivity index (χ4v) is 2.47. The van der Waals surface area contributed by atoms with Crippen molar-refractivity contribution in [2.24, 2.45) is 0 Å². The maximum absolute atomic E-state index is 11.3. The Morgan fingerprint density at radius 3 is 2.74 bits per heavy atom. The Morgan fingerprint density at radius 2 is 2.16 bits per heavy atom. The van der Waals surface area contributed by atoms with Crippen LogP contribution in [0, 0.1) is 0 Å². The summed E-state index contributed by atoms with van der Waals surface area (Å²) in [6.45, 7) is 2.02. The molecule has 0 amide bonds. The zero-order valence-electron chi connectivity index (χ0n) is 10.4. The molecule has 0 aliphatic carbocycles. The van der Waals surface area contributed by atoms with Crippen molar-refractivity contribution in [2.45, 2.75) is 18.4 Å². The van der Waals surface area contributed by atoms with Gasteiger partial charge in [0, 0.05) is 12.4 Å². The Bertz CT molecular complexity index is 583. The number of aromatic carboxylic acids is 1. The average molecular weight is 278 g/mol. The van der Waals surface area contributed by atoms with Gasteiger partial charge >= 0.3 is 5.97 Å². The van der Waals surface area contributed by atoms with Crippen LogP contribution in [0.4, 0.5) is 5.82 Å². The Morgan fingerprint density at radius 1 is 1.47 bits per heavy atom. The zero-order chi connectivity index (χ0) is 13.8. The first kappa shape index (κ1) is 13.4. The van der Waals surface area contributed by atoms with Crippen LogP contribution in [-0.4, -0.2) is 31.6 Å². The molecule has 0 fully saturated rings. The summed E-state index contributed by atoms with van der Waals surface area (Å²) in [6, 6.07) is 3.45. The van der Waals surface area contributed by atoms with E-state index in [4.69, 9.17) is 5.73 Å². The second-order valence-corrected chi connectivity index (χ2v) is 4.92. The predicted molar refractivity (Wildman–Crippen MR) is 73.7 cm³/mol. The molecule has 3 N–H and O–H groups in total. The third-order valence-electron chi connectivity index (χ3n) is 2.45. The average Bonchev–Trinajstić information content (AvgIpc) is 2.74. The number of hydrogen-bond donors (Lipinski definition) is 2. The first-order valence-electron chi connectivity index (χ1n) is 5.80. The number of rotatable bonds is 5. The highest BCUT2D eigenvalue weighted by atomic mass is 32.2. The third kappa shape index (κ3) is 2.70. The van der Waals surface area contributed by atoms with Crippen LogP contribution in [0.15, 0.2) is 29.6 Å². The van der Waals surface area contributed by atoms with Gasteiger partial charge in [0.15, 0.2) is 0 Å². The van der Waals surface area contributed by atoms with Crippen LogP contribution in [0.1, 0.15) is 23.7 Å². The minimum absolute atomic E-state index is 0.0651. The maximum Gasteiger partial charge on any atom is 0.342 e. The first-order chi connectivity index (χ1) is 9.15. The predicted octanol–water partition coefficient (Wildman–Crippen LogP) is 2.05. The van der Waals surface area contributed by atoms with E-state index < -0.39 is 5.97 Å². The fourth-order valence-electron chi connectivity index (χ4n) is 1.59. The molecule has 0 aromatic carbocycles. The number of thioether (sulfide) groups is 1. The van der Waals surface area contributed by atoms with Gasteiger partial charge in [0.05, 0.1) is 5.69 Å². The second-order valence-electron chi connectivity index (χ2n) is 3.84. The topological polar surface area (TPSA) is 94.0 Å². The molecule has 0 saturated carbocycles. The molecule has 0 aliphatic heterocycles. The molecular weight excluding hydrogens is 264 g/mol. The second kappa shape index (κ2) is 5.75. The molecule has 2 aromatic heterocycles. The summed E-state index contributed by atoms with van der Waals surface area (Å²) >= 11 is 1.40. The lowest BCUT2D eigenvalue weighted by atomic mass is 10.3. The SMILES string of the molecule is CCCSc1nn(-c2ccncc2)c(N)c1C(=O)O. The van der Waals surface area contributed by atoms with E-state index >= 15 is 0 Å². The van der Waals surface area contributed by atoms with Crippen LogP contribution >= 0.6 is 11.8 Å². The summed E-state index contributed by atoms with van der Waals surface area (Å²) in [6.07, 6.45) is 4.15. The van der Waals surface area contributed by atoms with Gasteiger partial charge in [-0.2, -0.15) is 5.10 Å². The van der Waals surface area contributed by atoms with Crippen molar-refractivity contribution in [2.75, 3.05) is 11.5 Å². The molecular formula is C12H14N4O2S. The van der Waals surface area contributed by atoms with Gasteiger partial charge in [0.25, 0.3) is 0 Å².